The summed E-state index contributed by atoms with van der Waals surface area (Å²) in [5.74, 6) is 0.472. The maximum atomic E-state index is 11.9. The average molecular weight is 350 g/mol. The summed E-state index contributed by atoms with van der Waals surface area (Å²) in [6.07, 6.45) is 0. The largest absolute Gasteiger partial charge is 0.416 e. The molecule has 134 valence electrons. The monoisotopic (exact) mass is 350 g/mol. The summed E-state index contributed by atoms with van der Waals surface area (Å²) < 4.78 is 5.81. The van der Waals surface area contributed by atoms with Gasteiger partial charge in [-0.15, -0.1) is 0 Å². The summed E-state index contributed by atoms with van der Waals surface area (Å²) in [6, 6.07) is 17.2. The van der Waals surface area contributed by atoms with Crippen LogP contribution in [-0.4, -0.2) is 19.0 Å². The molecular weight excluding hydrogens is 326 g/mol. The van der Waals surface area contributed by atoms with E-state index in [0.717, 1.165) is 22.3 Å². The van der Waals surface area contributed by atoms with Crippen molar-refractivity contribution in [1.29, 1.82) is 0 Å². The van der Waals surface area contributed by atoms with Gasteiger partial charge in [-0.1, -0.05) is 24.3 Å². The van der Waals surface area contributed by atoms with Gasteiger partial charge >= 0.3 is 11.6 Å². The minimum absolute atomic E-state index is 0.208. The molecule has 0 amide bonds. The molecule has 1 unspecified atom stereocenters. The van der Waals surface area contributed by atoms with E-state index in [4.69, 9.17) is 10.2 Å². The topological polar surface area (TPSA) is 68.6 Å². The van der Waals surface area contributed by atoms with Crippen molar-refractivity contribution in [3.8, 4) is 0 Å². The lowest BCUT2D eigenvalue weighted by molar-refractivity contribution is 0.529. The Kier molecular flexibility index (Phi) is 4.91. The fourth-order valence-corrected chi connectivity index (χ4v) is 3.44. The Morgan fingerprint density at radius 2 is 1.88 bits per heavy atom. The summed E-state index contributed by atoms with van der Waals surface area (Å²) in [5, 5.41) is 0.856. The van der Waals surface area contributed by atoms with E-state index in [1.807, 2.05) is 50.2 Å². The average Bonchev–Trinajstić information content (AvgIpc) is 2.63. The number of aryl methyl sites for hydroxylation is 1. The Balaban J connectivity index is 2.44. The molecular formula is C21H24N3O2+. The zero-order valence-electron chi connectivity index (χ0n) is 15.4. The van der Waals surface area contributed by atoms with Crippen LogP contribution in [0.2, 0.25) is 0 Å². The molecule has 0 radical (unpaired) electrons. The van der Waals surface area contributed by atoms with E-state index in [-0.39, 0.29) is 10.1 Å². The van der Waals surface area contributed by atoms with Crippen molar-refractivity contribution in [2.24, 2.45) is 10.7 Å². The predicted molar refractivity (Wildman–Crippen MR) is 108 cm³/mol. The van der Waals surface area contributed by atoms with Crippen LogP contribution in [0, 0.1) is 6.92 Å². The number of quaternary nitrogens is 1. The number of rotatable bonds is 4. The predicted octanol–water partition coefficient (Wildman–Crippen LogP) is 4.09. The second-order valence-electron chi connectivity index (χ2n) is 6.25. The molecule has 2 N–H and O–H groups in total. The van der Waals surface area contributed by atoms with E-state index in [2.05, 4.69) is 18.0 Å². The fraction of sp³-hybridized carbons (Fsp3) is 0.238. The Morgan fingerprint density at radius 1 is 1.12 bits per heavy atom. The van der Waals surface area contributed by atoms with Crippen LogP contribution in [0.3, 0.4) is 0 Å². The minimum Gasteiger partial charge on any atom is -0.416 e. The van der Waals surface area contributed by atoms with Crippen LogP contribution in [0.15, 0.2) is 68.8 Å². The van der Waals surface area contributed by atoms with Crippen molar-refractivity contribution in [2.75, 3.05) is 13.1 Å². The minimum atomic E-state index is -0.380. The molecule has 5 heteroatoms. The third kappa shape index (κ3) is 2.91. The highest BCUT2D eigenvalue weighted by atomic mass is 16.4. The first-order valence-corrected chi connectivity index (χ1v) is 8.82. The van der Waals surface area contributed by atoms with E-state index in [9.17, 15) is 4.79 Å². The Morgan fingerprint density at radius 3 is 2.58 bits per heavy atom. The molecule has 0 aliphatic carbocycles. The van der Waals surface area contributed by atoms with Gasteiger partial charge in [-0.25, -0.2) is 9.79 Å². The van der Waals surface area contributed by atoms with E-state index in [1.165, 1.54) is 6.07 Å². The normalized spacial score (nSPS) is 14.3. The van der Waals surface area contributed by atoms with Crippen molar-refractivity contribution >= 4 is 28.3 Å². The quantitative estimate of drug-likeness (QED) is 0.333. The Bertz CT molecular complexity index is 1020. The number of benzene rings is 2. The molecule has 26 heavy (non-hydrogen) atoms. The third-order valence-corrected chi connectivity index (χ3v) is 4.67. The lowest BCUT2D eigenvalue weighted by Gasteiger charge is -2.35. The summed E-state index contributed by atoms with van der Waals surface area (Å²) in [6.45, 7) is 7.27. The Hall–Kier alpha value is -2.92. The van der Waals surface area contributed by atoms with Gasteiger partial charge in [-0.2, -0.15) is 4.48 Å². The molecule has 2 aromatic carbocycles. The second kappa shape index (κ2) is 7.14. The lowest BCUT2D eigenvalue weighted by Crippen LogP contribution is -2.54. The third-order valence-electron chi connectivity index (χ3n) is 4.67. The number of aliphatic imine (C=N–C) groups is 1. The first-order valence-electron chi connectivity index (χ1n) is 8.82. The summed E-state index contributed by atoms with van der Waals surface area (Å²) in [4.78, 5) is 16.4. The molecule has 5 nitrogen and oxygen atoms in total. The number of guanidine groups is 1. The number of hydrogen-bond donors (Lipinski definition) is 1. The highest BCUT2D eigenvalue weighted by molar-refractivity contribution is 6.02. The maximum Gasteiger partial charge on any atom is 0.336 e. The molecule has 0 spiro atoms. The van der Waals surface area contributed by atoms with Crippen LogP contribution in [-0.2, 0) is 0 Å². The molecule has 3 rings (SSSR count). The van der Waals surface area contributed by atoms with Crippen molar-refractivity contribution in [2.45, 2.75) is 20.8 Å². The summed E-state index contributed by atoms with van der Waals surface area (Å²) >= 11 is 0. The van der Waals surface area contributed by atoms with Gasteiger partial charge < -0.3 is 10.2 Å². The van der Waals surface area contributed by atoms with Gasteiger partial charge in [0.2, 0.25) is 0 Å². The van der Waals surface area contributed by atoms with Gasteiger partial charge in [0.05, 0.1) is 6.54 Å². The van der Waals surface area contributed by atoms with Gasteiger partial charge in [0.25, 0.3) is 0 Å². The molecule has 0 bridgehead atoms. The molecule has 0 saturated carbocycles. The number of fused-ring (bicyclic) bond motifs is 1. The zero-order valence-corrected chi connectivity index (χ0v) is 15.4. The fourth-order valence-electron chi connectivity index (χ4n) is 3.44. The summed E-state index contributed by atoms with van der Waals surface area (Å²) in [7, 11) is 0. The van der Waals surface area contributed by atoms with Gasteiger partial charge in [-0.05, 0) is 32.4 Å². The van der Waals surface area contributed by atoms with Gasteiger partial charge in [0.15, 0.2) is 11.3 Å². The first kappa shape index (κ1) is 17.9. The van der Waals surface area contributed by atoms with Crippen molar-refractivity contribution in [1.82, 2.24) is 4.48 Å². The van der Waals surface area contributed by atoms with Gasteiger partial charge in [0.1, 0.15) is 5.69 Å². The first-order chi connectivity index (χ1) is 12.5. The van der Waals surface area contributed by atoms with Crippen LogP contribution in [0.5, 0.6) is 0 Å². The molecule has 1 atom stereocenters. The lowest BCUT2D eigenvalue weighted by atomic mass is 10.1. The van der Waals surface area contributed by atoms with Crippen molar-refractivity contribution in [3.05, 3.63) is 70.6 Å². The molecule has 0 aliphatic rings. The standard InChI is InChI=1S/C21H24N3O2/c1-4-23-21(22)24(5-2,17-10-6-8-15(3)14-17)18-11-7-9-16-12-13-19(25)26-20(16)18/h6-14H,4-5H2,1-3H3,(H2,22,23)/q+1. The van der Waals surface area contributed by atoms with E-state index < -0.39 is 0 Å². The molecule has 0 aliphatic heterocycles. The summed E-state index contributed by atoms with van der Waals surface area (Å²) in [5.41, 5.74) is 9.60. The molecule has 0 saturated heterocycles. The van der Waals surface area contributed by atoms with Crippen molar-refractivity contribution in [3.63, 3.8) is 0 Å². The molecule has 1 aromatic heterocycles. The highest BCUT2D eigenvalue weighted by Crippen LogP contribution is 2.39. The number of para-hydroxylation sites is 1. The SMILES string of the molecule is CCN=C(N)[N+](CC)(c1cccc(C)c1)c1cccc2ccc(=O)oc12. The van der Waals surface area contributed by atoms with Crippen LogP contribution in [0.4, 0.5) is 11.4 Å². The van der Waals surface area contributed by atoms with Crippen LogP contribution in [0.25, 0.3) is 11.0 Å². The Labute approximate surface area is 153 Å². The number of nitrogens with zero attached hydrogens (tertiary/aromatic N) is 2. The molecule has 1 heterocycles. The van der Waals surface area contributed by atoms with Crippen LogP contribution >= 0.6 is 0 Å². The maximum absolute atomic E-state index is 11.9. The zero-order chi connectivity index (χ0) is 18.7. The van der Waals surface area contributed by atoms with Crippen LogP contribution < -0.4 is 15.8 Å². The van der Waals surface area contributed by atoms with Gasteiger partial charge in [-0.3, -0.25) is 0 Å². The molecule has 0 fully saturated rings. The second-order valence-corrected chi connectivity index (χ2v) is 6.25. The number of hydrogen-bond acceptors (Lipinski definition) is 3. The molecule has 3 aromatic rings. The van der Waals surface area contributed by atoms with E-state index >= 15 is 0 Å². The van der Waals surface area contributed by atoms with E-state index in [0.29, 0.717) is 24.6 Å². The number of nitrogens with two attached hydrogens (primary N) is 1. The smallest absolute Gasteiger partial charge is 0.336 e. The van der Waals surface area contributed by atoms with E-state index in [1.54, 1.807) is 6.07 Å². The van der Waals surface area contributed by atoms with Crippen molar-refractivity contribution < 1.29 is 4.42 Å². The van der Waals surface area contributed by atoms with Gasteiger partial charge in [0, 0.05) is 36.2 Å². The van der Waals surface area contributed by atoms with Crippen LogP contribution in [0.1, 0.15) is 19.4 Å². The highest BCUT2D eigenvalue weighted by Gasteiger charge is 2.39.